The van der Waals surface area contributed by atoms with Gasteiger partial charge in [0.2, 0.25) is 0 Å². The SMILES string of the molecule is CCO[C@@]1(COC)CCC2C3CCC4=COCCC4=C3[C@@H](c3ccc(C=O)cc3)C[C@@]21C. The van der Waals surface area contributed by atoms with E-state index in [1.54, 1.807) is 11.1 Å². The van der Waals surface area contributed by atoms with Crippen LogP contribution in [0, 0.1) is 17.3 Å². The summed E-state index contributed by atoms with van der Waals surface area (Å²) in [4.78, 5) is 11.3. The van der Waals surface area contributed by atoms with Gasteiger partial charge in [-0.05, 0) is 67.6 Å². The fourth-order valence-corrected chi connectivity index (χ4v) is 7.65. The Bertz CT molecular complexity index is 921. The van der Waals surface area contributed by atoms with Gasteiger partial charge in [0.25, 0.3) is 0 Å². The molecule has 32 heavy (non-hydrogen) atoms. The Morgan fingerprint density at radius 1 is 1.19 bits per heavy atom. The minimum absolute atomic E-state index is 0.0497. The zero-order chi connectivity index (χ0) is 22.3. The minimum Gasteiger partial charge on any atom is -0.501 e. The number of carbonyl (C=O) groups excluding carboxylic acids is 1. The molecule has 2 saturated carbocycles. The van der Waals surface area contributed by atoms with E-state index in [2.05, 4.69) is 26.0 Å². The van der Waals surface area contributed by atoms with Crippen molar-refractivity contribution in [2.45, 2.75) is 63.9 Å². The highest BCUT2D eigenvalue weighted by atomic mass is 16.5. The monoisotopic (exact) mass is 436 g/mol. The zero-order valence-electron chi connectivity index (χ0n) is 19.7. The highest BCUT2D eigenvalue weighted by Gasteiger charge is 2.64. The zero-order valence-corrected chi connectivity index (χ0v) is 19.7. The van der Waals surface area contributed by atoms with Crippen molar-refractivity contribution in [3.8, 4) is 0 Å². The van der Waals surface area contributed by atoms with Crippen LogP contribution in [0.4, 0.5) is 0 Å². The third-order valence-electron chi connectivity index (χ3n) is 9.04. The second-order valence-electron chi connectivity index (χ2n) is 10.3. The summed E-state index contributed by atoms with van der Waals surface area (Å²) >= 11 is 0. The summed E-state index contributed by atoms with van der Waals surface area (Å²) in [5.74, 6) is 1.53. The molecule has 3 aliphatic carbocycles. The van der Waals surface area contributed by atoms with Crippen LogP contribution < -0.4 is 0 Å². The van der Waals surface area contributed by atoms with Crippen molar-refractivity contribution >= 4 is 6.29 Å². The van der Waals surface area contributed by atoms with Gasteiger partial charge in [0.1, 0.15) is 6.29 Å². The lowest BCUT2D eigenvalue weighted by molar-refractivity contribution is -0.164. The maximum Gasteiger partial charge on any atom is 0.150 e. The van der Waals surface area contributed by atoms with Crippen molar-refractivity contribution in [3.63, 3.8) is 0 Å². The fraction of sp³-hybridized carbons (Fsp3) is 0.607. The van der Waals surface area contributed by atoms with Crippen LogP contribution in [-0.4, -0.2) is 38.8 Å². The molecule has 0 bridgehead atoms. The Morgan fingerprint density at radius 2 is 2.00 bits per heavy atom. The summed E-state index contributed by atoms with van der Waals surface area (Å²) in [6, 6.07) is 8.29. The number of ether oxygens (including phenoxy) is 3. The van der Waals surface area contributed by atoms with Gasteiger partial charge in [-0.2, -0.15) is 0 Å². The predicted octanol–water partition coefficient (Wildman–Crippen LogP) is 5.84. The Labute approximate surface area is 192 Å². The molecular weight excluding hydrogens is 400 g/mol. The maximum atomic E-state index is 11.3. The molecular formula is C28H36O4. The van der Waals surface area contributed by atoms with Crippen LogP contribution in [0.5, 0.6) is 0 Å². The average Bonchev–Trinajstić information content (AvgIpc) is 3.10. The van der Waals surface area contributed by atoms with Crippen LogP contribution in [0.25, 0.3) is 0 Å². The molecule has 1 aromatic rings. The molecule has 0 saturated heterocycles. The first-order valence-electron chi connectivity index (χ1n) is 12.3. The molecule has 172 valence electrons. The van der Waals surface area contributed by atoms with Crippen LogP contribution in [0.15, 0.2) is 47.2 Å². The average molecular weight is 437 g/mol. The van der Waals surface area contributed by atoms with Crippen molar-refractivity contribution in [1.82, 2.24) is 0 Å². The number of benzene rings is 1. The molecule has 0 radical (unpaired) electrons. The molecule has 2 unspecified atom stereocenters. The summed E-state index contributed by atoms with van der Waals surface area (Å²) in [7, 11) is 1.81. The summed E-state index contributed by atoms with van der Waals surface area (Å²) in [6.45, 7) is 6.73. The van der Waals surface area contributed by atoms with Crippen LogP contribution in [0.2, 0.25) is 0 Å². The number of fused-ring (bicyclic) bond motifs is 4. The van der Waals surface area contributed by atoms with Crippen molar-refractivity contribution in [1.29, 1.82) is 0 Å². The van der Waals surface area contributed by atoms with Gasteiger partial charge in [-0.3, -0.25) is 4.79 Å². The van der Waals surface area contributed by atoms with E-state index < -0.39 is 0 Å². The molecule has 1 aliphatic heterocycles. The summed E-state index contributed by atoms with van der Waals surface area (Å²) in [6.07, 6.45) is 9.59. The Balaban J connectivity index is 1.65. The molecule has 4 aliphatic rings. The second-order valence-corrected chi connectivity index (χ2v) is 10.3. The molecule has 0 aromatic heterocycles. The van der Waals surface area contributed by atoms with Gasteiger partial charge in [-0.1, -0.05) is 36.8 Å². The first-order chi connectivity index (χ1) is 15.6. The number of hydrogen-bond acceptors (Lipinski definition) is 4. The second kappa shape index (κ2) is 8.46. The van der Waals surface area contributed by atoms with E-state index >= 15 is 0 Å². The van der Waals surface area contributed by atoms with E-state index in [1.165, 1.54) is 24.0 Å². The number of carbonyl (C=O) groups is 1. The van der Waals surface area contributed by atoms with Gasteiger partial charge in [-0.15, -0.1) is 0 Å². The predicted molar refractivity (Wildman–Crippen MR) is 125 cm³/mol. The summed E-state index contributed by atoms with van der Waals surface area (Å²) in [5, 5.41) is 0. The Morgan fingerprint density at radius 3 is 2.72 bits per heavy atom. The first-order valence-corrected chi connectivity index (χ1v) is 12.3. The lowest BCUT2D eigenvalue weighted by atomic mass is 9.51. The van der Waals surface area contributed by atoms with E-state index in [0.717, 1.165) is 44.1 Å². The number of rotatable bonds is 6. The maximum absolute atomic E-state index is 11.3. The van der Waals surface area contributed by atoms with E-state index in [-0.39, 0.29) is 11.0 Å². The summed E-state index contributed by atoms with van der Waals surface area (Å²) in [5.41, 5.74) is 6.49. The van der Waals surface area contributed by atoms with E-state index in [4.69, 9.17) is 14.2 Å². The smallest absolute Gasteiger partial charge is 0.150 e. The van der Waals surface area contributed by atoms with Crippen LogP contribution in [-0.2, 0) is 14.2 Å². The summed E-state index contributed by atoms with van der Waals surface area (Å²) < 4.78 is 18.1. The number of hydrogen-bond donors (Lipinski definition) is 0. The molecule has 1 aromatic carbocycles. The van der Waals surface area contributed by atoms with Crippen LogP contribution >= 0.6 is 0 Å². The topological polar surface area (TPSA) is 44.8 Å². The first kappa shape index (κ1) is 21.9. The van der Waals surface area contributed by atoms with E-state index in [9.17, 15) is 4.79 Å². The van der Waals surface area contributed by atoms with Crippen LogP contribution in [0.1, 0.15) is 74.2 Å². The molecule has 1 heterocycles. The molecule has 0 spiro atoms. The molecule has 4 heteroatoms. The molecule has 0 N–H and O–H groups in total. The number of allylic oxidation sites excluding steroid dienone is 2. The molecule has 0 amide bonds. The Kier molecular flexibility index (Phi) is 5.79. The van der Waals surface area contributed by atoms with Gasteiger partial charge >= 0.3 is 0 Å². The third kappa shape index (κ3) is 3.21. The normalized spacial score (nSPS) is 36.0. The Hall–Kier alpha value is -1.91. The fourth-order valence-electron chi connectivity index (χ4n) is 7.65. The quantitative estimate of drug-likeness (QED) is 0.526. The molecule has 5 rings (SSSR count). The number of aldehydes is 1. The largest absolute Gasteiger partial charge is 0.501 e. The van der Waals surface area contributed by atoms with Gasteiger partial charge < -0.3 is 14.2 Å². The highest BCUT2D eigenvalue weighted by molar-refractivity contribution is 5.74. The van der Waals surface area contributed by atoms with Crippen LogP contribution in [0.3, 0.4) is 0 Å². The van der Waals surface area contributed by atoms with Gasteiger partial charge in [-0.25, -0.2) is 0 Å². The van der Waals surface area contributed by atoms with Gasteiger partial charge in [0.15, 0.2) is 0 Å². The third-order valence-corrected chi connectivity index (χ3v) is 9.04. The van der Waals surface area contributed by atoms with Crippen molar-refractivity contribution in [2.75, 3.05) is 26.9 Å². The molecule has 5 atom stereocenters. The van der Waals surface area contributed by atoms with E-state index in [1.807, 2.05) is 25.5 Å². The van der Waals surface area contributed by atoms with E-state index in [0.29, 0.717) is 31.0 Å². The number of methoxy groups -OCH3 is 1. The lowest BCUT2D eigenvalue weighted by Crippen LogP contribution is -2.55. The van der Waals surface area contributed by atoms with Crippen molar-refractivity contribution in [3.05, 3.63) is 58.4 Å². The van der Waals surface area contributed by atoms with Crippen molar-refractivity contribution < 1.29 is 19.0 Å². The standard InChI is InChI=1S/C28H36O4/c1-4-32-28(18-30-3)13-11-25-23-10-9-21-17-31-14-12-22(21)26(23)24(15-27(25,28)2)20-7-5-19(16-29)6-8-20/h5-8,16-17,23-25H,4,9-15,18H2,1-3H3/t23?,24-,25?,27+,28-/m1/s1. The van der Waals surface area contributed by atoms with Gasteiger partial charge in [0, 0.05) is 37.0 Å². The van der Waals surface area contributed by atoms with Gasteiger partial charge in [0.05, 0.1) is 25.1 Å². The molecule has 4 nitrogen and oxygen atoms in total. The highest BCUT2D eigenvalue weighted by Crippen LogP contribution is 2.67. The van der Waals surface area contributed by atoms with Crippen molar-refractivity contribution in [2.24, 2.45) is 17.3 Å². The lowest BCUT2D eigenvalue weighted by Gasteiger charge is -2.56. The minimum atomic E-state index is -0.232. The molecule has 2 fully saturated rings.